The first-order chi connectivity index (χ1) is 9.11. The van der Waals surface area contributed by atoms with Crippen LogP contribution in [0.25, 0.3) is 0 Å². The third kappa shape index (κ3) is 3.24. The summed E-state index contributed by atoms with van der Waals surface area (Å²) in [7, 11) is 0. The number of anilines is 1. The van der Waals surface area contributed by atoms with E-state index in [4.69, 9.17) is 17.3 Å². The van der Waals surface area contributed by atoms with Crippen LogP contribution in [0.4, 0.5) is 5.13 Å². The molecule has 0 radical (unpaired) electrons. The van der Waals surface area contributed by atoms with Crippen LogP contribution in [-0.2, 0) is 6.54 Å². The predicted octanol–water partition coefficient (Wildman–Crippen LogP) is 3.04. The van der Waals surface area contributed by atoms with Gasteiger partial charge >= 0.3 is 0 Å². The number of rotatable bonds is 4. The zero-order chi connectivity index (χ0) is 13.8. The molecule has 0 spiro atoms. The lowest BCUT2D eigenvalue weighted by Gasteiger charge is -2.20. The van der Waals surface area contributed by atoms with Gasteiger partial charge in [-0.3, -0.25) is 4.79 Å². The summed E-state index contributed by atoms with van der Waals surface area (Å²) in [5.41, 5.74) is 6.85. The first-order valence-corrected chi connectivity index (χ1v) is 7.11. The fraction of sp³-hybridized carbons (Fsp3) is 0.231. The van der Waals surface area contributed by atoms with Crippen molar-refractivity contribution in [2.45, 2.75) is 13.5 Å². The second-order valence-electron chi connectivity index (χ2n) is 3.98. The second kappa shape index (κ2) is 6.04. The molecule has 0 aliphatic rings. The summed E-state index contributed by atoms with van der Waals surface area (Å²) in [6.45, 7) is 2.97. The van der Waals surface area contributed by atoms with Crippen molar-refractivity contribution in [2.75, 3.05) is 12.3 Å². The number of nitrogens with two attached hydrogens (primary N) is 1. The Morgan fingerprint density at radius 3 is 2.79 bits per heavy atom. The molecule has 1 amide bonds. The van der Waals surface area contributed by atoms with Gasteiger partial charge < -0.3 is 10.6 Å². The molecule has 0 bridgehead atoms. The van der Waals surface area contributed by atoms with Gasteiger partial charge in [0.2, 0.25) is 0 Å². The van der Waals surface area contributed by atoms with Crippen LogP contribution >= 0.6 is 22.9 Å². The summed E-state index contributed by atoms with van der Waals surface area (Å²) in [6, 6.07) is 7.50. The van der Waals surface area contributed by atoms with E-state index in [1.54, 1.807) is 10.3 Å². The summed E-state index contributed by atoms with van der Waals surface area (Å²) in [5, 5.41) is 2.73. The smallest absolute Gasteiger partial charge is 0.273 e. The number of hydrogen-bond acceptors (Lipinski definition) is 4. The van der Waals surface area contributed by atoms with Gasteiger partial charge in [-0.15, -0.1) is 11.3 Å². The van der Waals surface area contributed by atoms with E-state index in [9.17, 15) is 4.79 Å². The molecule has 0 aliphatic heterocycles. The van der Waals surface area contributed by atoms with E-state index in [1.807, 2.05) is 31.2 Å². The maximum atomic E-state index is 12.3. The number of aromatic nitrogens is 1. The Bertz CT molecular complexity index is 585. The van der Waals surface area contributed by atoms with E-state index in [1.165, 1.54) is 11.3 Å². The minimum atomic E-state index is -0.129. The standard InChI is InChI=1S/C13H14ClN3OS/c1-2-17(7-9-5-3-4-6-10(9)14)12(18)11-8-19-13(15)16-11/h3-6,8H,2,7H2,1H3,(H2,15,16). The lowest BCUT2D eigenvalue weighted by Crippen LogP contribution is -2.30. The van der Waals surface area contributed by atoms with Gasteiger partial charge in [-0.1, -0.05) is 29.8 Å². The van der Waals surface area contributed by atoms with Crippen LogP contribution in [-0.4, -0.2) is 22.3 Å². The Morgan fingerprint density at radius 1 is 1.47 bits per heavy atom. The average molecular weight is 296 g/mol. The van der Waals surface area contributed by atoms with Gasteiger partial charge in [0, 0.05) is 23.5 Å². The fourth-order valence-corrected chi connectivity index (χ4v) is 2.44. The summed E-state index contributed by atoms with van der Waals surface area (Å²) in [6.07, 6.45) is 0. The van der Waals surface area contributed by atoms with Crippen LogP contribution in [0.2, 0.25) is 5.02 Å². The minimum Gasteiger partial charge on any atom is -0.375 e. The highest BCUT2D eigenvalue weighted by molar-refractivity contribution is 7.13. The van der Waals surface area contributed by atoms with E-state index in [0.717, 1.165) is 5.56 Å². The van der Waals surface area contributed by atoms with E-state index >= 15 is 0 Å². The summed E-state index contributed by atoms with van der Waals surface area (Å²) in [4.78, 5) is 18.0. The largest absolute Gasteiger partial charge is 0.375 e. The van der Waals surface area contributed by atoms with E-state index in [2.05, 4.69) is 4.98 Å². The molecule has 1 aromatic heterocycles. The summed E-state index contributed by atoms with van der Waals surface area (Å²) < 4.78 is 0. The first kappa shape index (κ1) is 13.8. The number of nitrogen functional groups attached to an aromatic ring is 1. The lowest BCUT2D eigenvalue weighted by atomic mass is 10.2. The number of thiazole rings is 1. The van der Waals surface area contributed by atoms with Crippen LogP contribution in [0.3, 0.4) is 0 Å². The van der Waals surface area contributed by atoms with E-state index in [-0.39, 0.29) is 5.91 Å². The molecule has 2 N–H and O–H groups in total. The molecule has 6 heteroatoms. The molecule has 0 fully saturated rings. The molecule has 4 nitrogen and oxygen atoms in total. The third-order valence-corrected chi connectivity index (χ3v) is 3.77. The number of amides is 1. The topological polar surface area (TPSA) is 59.2 Å². The van der Waals surface area contributed by atoms with Crippen molar-refractivity contribution in [1.29, 1.82) is 0 Å². The molecule has 1 heterocycles. The third-order valence-electron chi connectivity index (χ3n) is 2.73. The van der Waals surface area contributed by atoms with Crippen molar-refractivity contribution in [3.05, 3.63) is 45.9 Å². The number of benzene rings is 1. The van der Waals surface area contributed by atoms with E-state index in [0.29, 0.717) is 28.9 Å². The zero-order valence-corrected chi connectivity index (χ0v) is 12.0. The van der Waals surface area contributed by atoms with Crippen LogP contribution in [0.5, 0.6) is 0 Å². The Morgan fingerprint density at radius 2 is 2.21 bits per heavy atom. The minimum absolute atomic E-state index is 0.129. The molecule has 0 atom stereocenters. The Labute approximate surface area is 120 Å². The normalized spacial score (nSPS) is 10.4. The van der Waals surface area contributed by atoms with Crippen LogP contribution in [0.1, 0.15) is 23.0 Å². The first-order valence-electron chi connectivity index (χ1n) is 5.85. The highest BCUT2D eigenvalue weighted by Gasteiger charge is 2.18. The highest BCUT2D eigenvalue weighted by Crippen LogP contribution is 2.19. The number of halogens is 1. The van der Waals surface area contributed by atoms with Crippen LogP contribution in [0, 0.1) is 0 Å². The molecule has 0 saturated carbocycles. The molecule has 1 aromatic carbocycles. The highest BCUT2D eigenvalue weighted by atomic mass is 35.5. The van der Waals surface area contributed by atoms with Crippen molar-refractivity contribution < 1.29 is 4.79 Å². The summed E-state index contributed by atoms with van der Waals surface area (Å²) in [5.74, 6) is -0.129. The molecule has 0 unspecified atom stereocenters. The van der Waals surface area contributed by atoms with Gasteiger partial charge in [-0.05, 0) is 18.6 Å². The number of nitrogens with zero attached hydrogens (tertiary/aromatic N) is 2. The van der Waals surface area contributed by atoms with Gasteiger partial charge in [0.25, 0.3) is 5.91 Å². The van der Waals surface area contributed by atoms with Gasteiger partial charge in [0.15, 0.2) is 5.13 Å². The average Bonchev–Trinajstić information content (AvgIpc) is 2.84. The SMILES string of the molecule is CCN(Cc1ccccc1Cl)C(=O)c1csc(N)n1. The molecule has 0 saturated heterocycles. The monoisotopic (exact) mass is 295 g/mol. The zero-order valence-electron chi connectivity index (χ0n) is 10.5. The second-order valence-corrected chi connectivity index (χ2v) is 5.28. The fourth-order valence-electron chi connectivity index (χ4n) is 1.71. The maximum absolute atomic E-state index is 12.3. The Kier molecular flexibility index (Phi) is 4.39. The molecule has 2 rings (SSSR count). The van der Waals surface area contributed by atoms with Crippen molar-refractivity contribution >= 4 is 34.0 Å². The molecule has 0 aliphatic carbocycles. The van der Waals surface area contributed by atoms with Gasteiger partial charge in [-0.2, -0.15) is 0 Å². The molecule has 100 valence electrons. The number of hydrogen-bond donors (Lipinski definition) is 1. The van der Waals surface area contributed by atoms with Crippen molar-refractivity contribution in [2.24, 2.45) is 0 Å². The molecule has 19 heavy (non-hydrogen) atoms. The van der Waals surface area contributed by atoms with Gasteiger partial charge in [0.05, 0.1) is 0 Å². The lowest BCUT2D eigenvalue weighted by molar-refractivity contribution is 0.0747. The van der Waals surface area contributed by atoms with Crippen LogP contribution < -0.4 is 5.73 Å². The Hall–Kier alpha value is -1.59. The van der Waals surface area contributed by atoms with Crippen molar-refractivity contribution in [3.8, 4) is 0 Å². The number of carbonyl (C=O) groups excluding carboxylic acids is 1. The van der Waals surface area contributed by atoms with E-state index < -0.39 is 0 Å². The summed E-state index contributed by atoms with van der Waals surface area (Å²) >= 11 is 7.37. The quantitative estimate of drug-likeness (QED) is 0.943. The number of carbonyl (C=O) groups is 1. The van der Waals surface area contributed by atoms with Gasteiger partial charge in [0.1, 0.15) is 5.69 Å². The molecular formula is C13H14ClN3OS. The molecule has 2 aromatic rings. The Balaban J connectivity index is 2.17. The van der Waals surface area contributed by atoms with Crippen molar-refractivity contribution in [1.82, 2.24) is 9.88 Å². The maximum Gasteiger partial charge on any atom is 0.273 e. The predicted molar refractivity (Wildman–Crippen MR) is 78.4 cm³/mol. The molecular weight excluding hydrogens is 282 g/mol. The van der Waals surface area contributed by atoms with Gasteiger partial charge in [-0.25, -0.2) is 4.98 Å². The van der Waals surface area contributed by atoms with Crippen molar-refractivity contribution in [3.63, 3.8) is 0 Å². The van der Waals surface area contributed by atoms with Crippen LogP contribution in [0.15, 0.2) is 29.6 Å².